The van der Waals surface area contributed by atoms with Crippen LogP contribution in [0.1, 0.15) is 77.2 Å². The van der Waals surface area contributed by atoms with Gasteiger partial charge in [-0.2, -0.15) is 0 Å². The van der Waals surface area contributed by atoms with Crippen LogP contribution in [0.15, 0.2) is 128 Å². The van der Waals surface area contributed by atoms with Crippen LogP contribution in [0.4, 0.5) is 0 Å². The number of para-hydroxylation sites is 2. The summed E-state index contributed by atoms with van der Waals surface area (Å²) in [7, 11) is 0. The van der Waals surface area contributed by atoms with Crippen molar-refractivity contribution in [3.8, 4) is 0 Å². The van der Waals surface area contributed by atoms with Gasteiger partial charge in [-0.3, -0.25) is 4.79 Å². The van der Waals surface area contributed by atoms with E-state index in [-0.39, 0.29) is 53.9 Å². The normalized spacial score (nSPS) is 19.9. The van der Waals surface area contributed by atoms with E-state index in [0.717, 1.165) is 38.9 Å². The predicted molar refractivity (Wildman–Crippen MR) is 187 cm³/mol. The molecule has 4 unspecified atom stereocenters. The zero-order chi connectivity index (χ0) is 34.9. The summed E-state index contributed by atoms with van der Waals surface area (Å²) in [5.74, 6) is -2.02. The maximum atomic E-state index is 12.9. The number of aliphatic hydroxyl groups excluding tert-OH is 1. The Kier molecular flexibility index (Phi) is 8.71. The van der Waals surface area contributed by atoms with E-state index in [0.29, 0.717) is 6.54 Å². The molecule has 0 spiro atoms. The van der Waals surface area contributed by atoms with Gasteiger partial charge < -0.3 is 29.2 Å². The number of cyclic esters (lactones) is 2. The number of esters is 2. The minimum absolute atomic E-state index is 0.0499. The fourth-order valence-electron chi connectivity index (χ4n) is 6.82. The Bertz CT molecular complexity index is 2230. The summed E-state index contributed by atoms with van der Waals surface area (Å²) in [6, 6.07) is 38.1. The van der Waals surface area contributed by atoms with E-state index in [1.165, 1.54) is 18.2 Å². The molecule has 1 aromatic heterocycles. The van der Waals surface area contributed by atoms with Crippen molar-refractivity contribution in [1.82, 2.24) is 14.9 Å². The lowest BCUT2D eigenvalue weighted by Gasteiger charge is -2.43. The molecule has 254 valence electrons. The number of hydrogen-bond acceptors (Lipinski definition) is 8. The van der Waals surface area contributed by atoms with Crippen molar-refractivity contribution in [2.24, 2.45) is 0 Å². The van der Waals surface area contributed by atoms with E-state index in [1.54, 1.807) is 0 Å². The molecule has 1 fully saturated rings. The van der Waals surface area contributed by atoms with Crippen molar-refractivity contribution in [2.45, 2.75) is 44.1 Å². The predicted octanol–water partition coefficient (Wildman–Crippen LogP) is 6.41. The Morgan fingerprint density at radius 1 is 0.745 bits per heavy atom. The van der Waals surface area contributed by atoms with E-state index >= 15 is 0 Å². The molecule has 51 heavy (non-hydrogen) atoms. The third-order valence-electron chi connectivity index (χ3n) is 9.49. The van der Waals surface area contributed by atoms with Gasteiger partial charge in [0.05, 0.1) is 53.8 Å². The quantitative estimate of drug-likeness (QED) is 0.133. The summed E-state index contributed by atoms with van der Waals surface area (Å²) < 4.78 is 20.5. The first-order valence-corrected chi connectivity index (χ1v) is 16.7. The van der Waals surface area contributed by atoms with E-state index in [4.69, 9.17) is 9.47 Å². The SMILES string of the molecule is O=C(NCc1ccc(C2OC(Cn3cnc4ccccc43)C(c3ccccc3)C(c3ccc(CO)cc3)O2)cc1)c1ccc2c(c1)C(=O)OC2=O. The van der Waals surface area contributed by atoms with E-state index in [1.807, 2.05) is 91.3 Å². The standard InChI is InChI=1S/C41H33N3O7/c45-23-26-12-14-28(15-13-26)37-36(27-6-2-1-3-7-27)35(22-44-24-43-33-8-4-5-9-34(33)44)49-41(50-37)29-16-10-25(11-17-29)21-42-38(46)30-18-19-31-32(20-30)40(48)51-39(31)47/h1-20,24,35-37,41,45H,21-23H2,(H,42,46). The van der Waals surface area contributed by atoms with Gasteiger partial charge in [-0.05, 0) is 52.6 Å². The molecular formula is C41H33N3O7. The maximum absolute atomic E-state index is 12.9. The largest absolute Gasteiger partial charge is 0.392 e. The van der Waals surface area contributed by atoms with Gasteiger partial charge in [0.25, 0.3) is 5.91 Å². The van der Waals surface area contributed by atoms with Gasteiger partial charge in [0.15, 0.2) is 6.29 Å². The Morgan fingerprint density at radius 3 is 2.24 bits per heavy atom. The molecule has 2 N–H and O–H groups in total. The van der Waals surface area contributed by atoms with Crippen molar-refractivity contribution in [2.75, 3.05) is 0 Å². The molecule has 1 saturated heterocycles. The van der Waals surface area contributed by atoms with Gasteiger partial charge in [-0.15, -0.1) is 0 Å². The van der Waals surface area contributed by atoms with Crippen LogP contribution in [-0.2, 0) is 33.9 Å². The second-order valence-electron chi connectivity index (χ2n) is 12.6. The van der Waals surface area contributed by atoms with Crippen molar-refractivity contribution in [3.63, 3.8) is 0 Å². The number of hydrogen-bond donors (Lipinski definition) is 2. The molecule has 10 nitrogen and oxygen atoms in total. The second-order valence-corrected chi connectivity index (χ2v) is 12.6. The summed E-state index contributed by atoms with van der Waals surface area (Å²) in [6.45, 7) is 0.716. The Morgan fingerprint density at radius 2 is 1.45 bits per heavy atom. The number of carbonyl (C=O) groups excluding carboxylic acids is 3. The maximum Gasteiger partial charge on any atom is 0.346 e. The topological polar surface area (TPSA) is 129 Å². The van der Waals surface area contributed by atoms with Crippen molar-refractivity contribution in [1.29, 1.82) is 0 Å². The van der Waals surface area contributed by atoms with Crippen LogP contribution < -0.4 is 5.32 Å². The number of fused-ring (bicyclic) bond motifs is 2. The van der Waals surface area contributed by atoms with Crippen LogP contribution in [0, 0.1) is 0 Å². The number of aliphatic hydroxyl groups is 1. The molecule has 2 aliphatic heterocycles. The number of ether oxygens (including phenoxy) is 3. The molecule has 0 radical (unpaired) electrons. The number of nitrogens with zero attached hydrogens (tertiary/aromatic N) is 2. The Labute approximate surface area is 293 Å². The summed E-state index contributed by atoms with van der Waals surface area (Å²) in [4.78, 5) is 41.3. The smallest absolute Gasteiger partial charge is 0.346 e. The molecule has 4 atom stereocenters. The van der Waals surface area contributed by atoms with E-state index < -0.39 is 18.2 Å². The van der Waals surface area contributed by atoms with Gasteiger partial charge in [-0.1, -0.05) is 91.0 Å². The monoisotopic (exact) mass is 679 g/mol. The zero-order valence-corrected chi connectivity index (χ0v) is 27.3. The second kappa shape index (κ2) is 13.8. The van der Waals surface area contributed by atoms with Gasteiger partial charge in [0, 0.05) is 23.6 Å². The number of nitrogens with one attached hydrogen (secondary N) is 1. The minimum atomic E-state index is -0.757. The average molecular weight is 680 g/mol. The molecule has 3 heterocycles. The Hall–Kier alpha value is -5.94. The van der Waals surface area contributed by atoms with Crippen LogP contribution in [-0.4, -0.2) is 38.6 Å². The summed E-state index contributed by atoms with van der Waals surface area (Å²) in [5.41, 5.74) is 6.94. The highest BCUT2D eigenvalue weighted by molar-refractivity contribution is 6.15. The van der Waals surface area contributed by atoms with Crippen molar-refractivity contribution in [3.05, 3.63) is 172 Å². The molecule has 10 heteroatoms. The summed E-state index contributed by atoms with van der Waals surface area (Å²) in [6.07, 6.45) is 0.454. The van der Waals surface area contributed by atoms with Crippen LogP contribution >= 0.6 is 0 Å². The van der Waals surface area contributed by atoms with E-state index in [9.17, 15) is 19.5 Å². The molecule has 8 rings (SSSR count). The lowest BCUT2D eigenvalue weighted by atomic mass is 9.83. The zero-order valence-electron chi connectivity index (χ0n) is 27.3. The molecule has 2 aliphatic rings. The number of imidazole rings is 1. The van der Waals surface area contributed by atoms with Gasteiger partial charge in [0.1, 0.15) is 0 Å². The number of aromatic nitrogens is 2. The number of amides is 1. The third-order valence-corrected chi connectivity index (χ3v) is 9.49. The molecule has 1 amide bonds. The number of benzene rings is 5. The molecule has 0 bridgehead atoms. The van der Waals surface area contributed by atoms with Gasteiger partial charge in [-0.25, -0.2) is 14.6 Å². The van der Waals surface area contributed by atoms with Crippen molar-refractivity contribution < 1.29 is 33.7 Å². The lowest BCUT2D eigenvalue weighted by molar-refractivity contribution is -0.263. The number of rotatable bonds is 9. The first kappa shape index (κ1) is 32.3. The average Bonchev–Trinajstić information content (AvgIpc) is 3.72. The highest BCUT2D eigenvalue weighted by Crippen LogP contribution is 2.47. The van der Waals surface area contributed by atoms with Crippen LogP contribution in [0.5, 0.6) is 0 Å². The molecule has 0 saturated carbocycles. The first-order valence-electron chi connectivity index (χ1n) is 16.7. The van der Waals surface area contributed by atoms with Crippen LogP contribution in [0.2, 0.25) is 0 Å². The fourth-order valence-corrected chi connectivity index (χ4v) is 6.82. The van der Waals surface area contributed by atoms with E-state index in [2.05, 4.69) is 37.8 Å². The summed E-state index contributed by atoms with van der Waals surface area (Å²) >= 11 is 0. The molecule has 5 aromatic carbocycles. The molecule has 0 aliphatic carbocycles. The third kappa shape index (κ3) is 6.43. The van der Waals surface area contributed by atoms with Crippen molar-refractivity contribution >= 4 is 28.9 Å². The summed E-state index contributed by atoms with van der Waals surface area (Å²) in [5, 5.41) is 12.6. The van der Waals surface area contributed by atoms with Crippen LogP contribution in [0.3, 0.4) is 0 Å². The highest BCUT2D eigenvalue weighted by Gasteiger charge is 2.42. The Balaban J connectivity index is 1.06. The number of carbonyl (C=O) groups is 3. The molecular weight excluding hydrogens is 646 g/mol. The van der Waals surface area contributed by atoms with Crippen LogP contribution in [0.25, 0.3) is 11.0 Å². The fraction of sp³-hybridized carbons (Fsp3) is 0.171. The van der Waals surface area contributed by atoms with Gasteiger partial charge >= 0.3 is 11.9 Å². The first-order chi connectivity index (χ1) is 24.9. The minimum Gasteiger partial charge on any atom is -0.392 e. The highest BCUT2D eigenvalue weighted by atomic mass is 16.7. The van der Waals surface area contributed by atoms with Gasteiger partial charge in [0.2, 0.25) is 0 Å². The molecule has 6 aromatic rings. The lowest BCUT2D eigenvalue weighted by Crippen LogP contribution is -2.39.